The maximum absolute atomic E-state index is 12.7. The van der Waals surface area contributed by atoms with Gasteiger partial charge in [-0.15, -0.1) is 0 Å². The Kier molecular flexibility index (Phi) is 48.2. The fraction of sp³-hybridized carbons (Fsp3) is 0.722. The van der Waals surface area contributed by atoms with Gasteiger partial charge in [-0.05, 0) is 89.9 Å². The average molecular weight is 919 g/mol. The highest BCUT2D eigenvalue weighted by Gasteiger charge is 2.26. The molecule has 0 saturated carbocycles. The van der Waals surface area contributed by atoms with Crippen molar-refractivity contribution in [3.05, 3.63) is 85.1 Å². The molecular formula is C54H95O9P. The maximum atomic E-state index is 12.7. The number of aliphatic hydroxyl groups excluding tert-OH is 2. The molecule has 0 aromatic rings. The zero-order chi connectivity index (χ0) is 46.7. The van der Waals surface area contributed by atoms with Crippen LogP contribution < -0.4 is 0 Å². The van der Waals surface area contributed by atoms with E-state index >= 15 is 0 Å². The van der Waals surface area contributed by atoms with Gasteiger partial charge in [-0.3, -0.25) is 13.8 Å². The molecule has 64 heavy (non-hydrogen) atoms. The molecule has 0 aliphatic rings. The molecule has 0 bridgehead atoms. The third-order valence-corrected chi connectivity index (χ3v) is 11.5. The summed E-state index contributed by atoms with van der Waals surface area (Å²) in [6.45, 7) is 3.36. The Morgan fingerprint density at radius 1 is 0.500 bits per heavy atom. The Bertz CT molecular complexity index is 1270. The molecule has 3 N–H and O–H groups in total. The van der Waals surface area contributed by atoms with E-state index in [-0.39, 0.29) is 19.6 Å². The molecule has 10 heteroatoms. The molecule has 0 radical (unpaired) electrons. The first-order valence-corrected chi connectivity index (χ1v) is 27.1. The molecule has 0 aliphatic heterocycles. The van der Waals surface area contributed by atoms with Gasteiger partial charge in [-0.25, -0.2) is 4.57 Å². The molecule has 0 rings (SSSR count). The van der Waals surface area contributed by atoms with E-state index in [0.29, 0.717) is 6.61 Å². The SMILES string of the molecule is CC/C=C\C/C=C\C/C=C\C/C=C\C/C=C\CCCCCCCCOCC(COP(=O)(O)OCC(O)CO)OC(=O)CCCCCCCCCCC/C=C\C/C=C\CCCCCCC. The number of hydrogen-bond donors (Lipinski definition) is 3. The van der Waals surface area contributed by atoms with E-state index < -0.39 is 39.2 Å². The van der Waals surface area contributed by atoms with Crippen LogP contribution in [0.15, 0.2) is 85.1 Å². The zero-order valence-electron chi connectivity index (χ0n) is 40.7. The maximum Gasteiger partial charge on any atom is 0.472 e. The van der Waals surface area contributed by atoms with Crippen LogP contribution in [0.3, 0.4) is 0 Å². The molecule has 0 aliphatic carbocycles. The first-order valence-electron chi connectivity index (χ1n) is 25.6. The lowest BCUT2D eigenvalue weighted by Gasteiger charge is -2.20. The van der Waals surface area contributed by atoms with Crippen molar-refractivity contribution in [1.29, 1.82) is 0 Å². The molecular weight excluding hydrogens is 824 g/mol. The summed E-state index contributed by atoms with van der Waals surface area (Å²) in [5.41, 5.74) is 0. The molecule has 0 saturated heterocycles. The third kappa shape index (κ3) is 49.1. The number of unbranched alkanes of at least 4 members (excludes halogenated alkanes) is 20. The highest BCUT2D eigenvalue weighted by atomic mass is 31.2. The number of phosphoric acid groups is 1. The molecule has 3 unspecified atom stereocenters. The fourth-order valence-corrected chi connectivity index (χ4v) is 7.50. The number of esters is 1. The number of carbonyl (C=O) groups excluding carboxylic acids is 1. The minimum Gasteiger partial charge on any atom is -0.457 e. The van der Waals surface area contributed by atoms with Crippen molar-refractivity contribution < 1.29 is 43.0 Å². The number of hydrogen-bond acceptors (Lipinski definition) is 8. The van der Waals surface area contributed by atoms with Crippen LogP contribution >= 0.6 is 7.82 Å². The van der Waals surface area contributed by atoms with Crippen LogP contribution in [0, 0.1) is 0 Å². The normalized spacial score (nSPS) is 14.5. The summed E-state index contributed by atoms with van der Waals surface area (Å²) in [5.74, 6) is -0.394. The lowest BCUT2D eigenvalue weighted by atomic mass is 10.1. The van der Waals surface area contributed by atoms with Crippen LogP contribution in [-0.4, -0.2) is 66.3 Å². The van der Waals surface area contributed by atoms with Gasteiger partial charge < -0.3 is 24.6 Å². The summed E-state index contributed by atoms with van der Waals surface area (Å²) in [6.07, 6.45) is 62.6. The third-order valence-electron chi connectivity index (χ3n) is 10.6. The first kappa shape index (κ1) is 61.6. The molecule has 370 valence electrons. The van der Waals surface area contributed by atoms with Crippen molar-refractivity contribution in [1.82, 2.24) is 0 Å². The lowest BCUT2D eigenvalue weighted by molar-refractivity contribution is -0.154. The predicted octanol–water partition coefficient (Wildman–Crippen LogP) is 15.0. The van der Waals surface area contributed by atoms with Gasteiger partial charge >= 0.3 is 13.8 Å². The molecule has 0 amide bonds. The van der Waals surface area contributed by atoms with Crippen LogP contribution in [0.25, 0.3) is 0 Å². The predicted molar refractivity (Wildman–Crippen MR) is 269 cm³/mol. The van der Waals surface area contributed by atoms with E-state index in [1.807, 2.05) is 0 Å². The van der Waals surface area contributed by atoms with Gasteiger partial charge in [0.05, 0.1) is 26.4 Å². The molecule has 0 aromatic carbocycles. The lowest BCUT2D eigenvalue weighted by Crippen LogP contribution is -2.29. The summed E-state index contributed by atoms with van der Waals surface area (Å²) in [7, 11) is -4.54. The Labute approximate surface area is 392 Å². The summed E-state index contributed by atoms with van der Waals surface area (Å²) in [4.78, 5) is 22.7. The van der Waals surface area contributed by atoms with Crippen LogP contribution in [0.5, 0.6) is 0 Å². The smallest absolute Gasteiger partial charge is 0.457 e. The Hall–Kier alpha value is -2.36. The molecule has 0 aromatic heterocycles. The van der Waals surface area contributed by atoms with Gasteiger partial charge in [0.2, 0.25) is 0 Å². The van der Waals surface area contributed by atoms with Gasteiger partial charge in [0.25, 0.3) is 0 Å². The van der Waals surface area contributed by atoms with E-state index in [1.165, 1.54) is 89.9 Å². The number of rotatable bonds is 48. The fourth-order valence-electron chi connectivity index (χ4n) is 6.71. The van der Waals surface area contributed by atoms with E-state index in [9.17, 15) is 19.4 Å². The molecule has 0 spiro atoms. The molecule has 0 fully saturated rings. The van der Waals surface area contributed by atoms with E-state index in [0.717, 1.165) is 96.3 Å². The van der Waals surface area contributed by atoms with Crippen molar-refractivity contribution in [2.24, 2.45) is 0 Å². The summed E-state index contributed by atoms with van der Waals surface area (Å²) >= 11 is 0. The second-order valence-corrected chi connectivity index (χ2v) is 18.3. The first-order chi connectivity index (χ1) is 31.3. The van der Waals surface area contributed by atoms with Crippen molar-refractivity contribution in [2.45, 2.75) is 219 Å². The Balaban J connectivity index is 4.15. The molecule has 0 heterocycles. The van der Waals surface area contributed by atoms with Crippen molar-refractivity contribution in [3.8, 4) is 0 Å². The largest absolute Gasteiger partial charge is 0.472 e. The van der Waals surface area contributed by atoms with E-state index in [1.54, 1.807) is 0 Å². The second-order valence-electron chi connectivity index (χ2n) is 16.8. The van der Waals surface area contributed by atoms with Crippen LogP contribution in [-0.2, 0) is 27.9 Å². The van der Waals surface area contributed by atoms with Gasteiger partial charge in [-0.1, -0.05) is 195 Å². The topological polar surface area (TPSA) is 132 Å². The van der Waals surface area contributed by atoms with Gasteiger partial charge in [-0.2, -0.15) is 0 Å². The minimum atomic E-state index is -4.54. The van der Waals surface area contributed by atoms with Crippen LogP contribution in [0.2, 0.25) is 0 Å². The number of ether oxygens (including phenoxy) is 2. The number of allylic oxidation sites excluding steroid dienone is 14. The monoisotopic (exact) mass is 919 g/mol. The number of phosphoric ester groups is 1. The zero-order valence-corrected chi connectivity index (χ0v) is 41.6. The summed E-state index contributed by atoms with van der Waals surface area (Å²) < 4.78 is 33.5. The van der Waals surface area contributed by atoms with Gasteiger partial charge in [0, 0.05) is 13.0 Å². The highest BCUT2D eigenvalue weighted by molar-refractivity contribution is 7.47. The quantitative estimate of drug-likeness (QED) is 0.0236. The Morgan fingerprint density at radius 2 is 0.891 bits per heavy atom. The molecule has 9 nitrogen and oxygen atoms in total. The van der Waals surface area contributed by atoms with Crippen molar-refractivity contribution in [3.63, 3.8) is 0 Å². The Morgan fingerprint density at radius 3 is 1.34 bits per heavy atom. The van der Waals surface area contributed by atoms with Gasteiger partial charge in [0.15, 0.2) is 0 Å². The second kappa shape index (κ2) is 50.1. The minimum absolute atomic E-state index is 0.0329. The van der Waals surface area contributed by atoms with E-state index in [2.05, 4.69) is 98.9 Å². The molecule has 3 atom stereocenters. The van der Waals surface area contributed by atoms with Crippen LogP contribution in [0.1, 0.15) is 206 Å². The number of aliphatic hydroxyl groups is 2. The van der Waals surface area contributed by atoms with Gasteiger partial charge in [0.1, 0.15) is 12.2 Å². The summed E-state index contributed by atoms with van der Waals surface area (Å²) in [6, 6.07) is 0. The van der Waals surface area contributed by atoms with Crippen LogP contribution in [0.4, 0.5) is 0 Å². The summed E-state index contributed by atoms with van der Waals surface area (Å²) in [5, 5.41) is 18.4. The van der Waals surface area contributed by atoms with Crippen molar-refractivity contribution in [2.75, 3.05) is 33.0 Å². The average Bonchev–Trinajstić information content (AvgIpc) is 3.29. The standard InChI is InChI=1S/C54H95O9P/c1-3-5-7-9-11-13-15-17-19-21-23-25-27-29-31-33-35-37-39-41-43-45-47-60-50-53(51-62-64(58,59)61-49-52(56)48-55)63-54(57)46-44-42-40-38-36-34-32-30-28-26-24-22-20-18-16-14-12-10-8-6-4-2/h5,7,11,13,16-19,22-25,29,31,52-53,55-56H,3-4,6,8-10,12,14-15,20-21,26-28,30,32-51H2,1-2H3,(H,58,59)/b7-5-,13-11-,18-16-,19-17-,24-22-,25-23-,31-29-. The van der Waals surface area contributed by atoms with E-state index in [4.69, 9.17) is 23.6 Å². The van der Waals surface area contributed by atoms with Crippen molar-refractivity contribution >= 4 is 13.8 Å². The number of carbonyl (C=O) groups is 1. The highest BCUT2D eigenvalue weighted by Crippen LogP contribution is 2.43.